The van der Waals surface area contributed by atoms with Crippen LogP contribution in [0.15, 0.2) is 72.8 Å². The minimum absolute atomic E-state index is 0.445. The number of cyclic esters (lactones) is 2. The molecule has 5 aromatic rings. The third-order valence-electron chi connectivity index (χ3n) is 7.31. The summed E-state index contributed by atoms with van der Waals surface area (Å²) in [5.41, 5.74) is 5.64. The predicted octanol–water partition coefficient (Wildman–Crippen LogP) is 7.00. The average molecular weight is 428 g/mol. The number of esters is 2. The third kappa shape index (κ3) is 2.62. The summed E-state index contributed by atoms with van der Waals surface area (Å²) in [6, 6.07) is 24.8. The molecule has 0 aromatic heterocycles. The number of carbonyl (C=O) groups excluding carboxylic acids is 2. The van der Waals surface area contributed by atoms with Gasteiger partial charge in [-0.05, 0) is 87.0 Å². The Kier molecular flexibility index (Phi) is 3.80. The van der Waals surface area contributed by atoms with E-state index in [1.54, 1.807) is 6.07 Å². The molecule has 33 heavy (non-hydrogen) atoms. The molecular formula is C30H20O3. The Morgan fingerprint density at radius 1 is 0.636 bits per heavy atom. The van der Waals surface area contributed by atoms with E-state index < -0.39 is 11.9 Å². The summed E-state index contributed by atoms with van der Waals surface area (Å²) < 4.78 is 5.09. The molecule has 1 aliphatic heterocycles. The second kappa shape index (κ2) is 6.76. The number of aryl methyl sites for hydroxylation is 2. The fraction of sp³-hybridized carbons (Fsp3) is 0.133. The van der Waals surface area contributed by atoms with E-state index in [9.17, 15) is 9.59 Å². The number of hydrogen-bond acceptors (Lipinski definition) is 3. The molecule has 7 rings (SSSR count). The van der Waals surface area contributed by atoms with Crippen LogP contribution >= 0.6 is 0 Å². The molecule has 0 bridgehead atoms. The molecule has 0 atom stereocenters. The summed E-state index contributed by atoms with van der Waals surface area (Å²) in [7, 11) is 0. The first kappa shape index (κ1) is 18.6. The Morgan fingerprint density at radius 2 is 1.45 bits per heavy atom. The lowest BCUT2D eigenvalue weighted by molar-refractivity contribution is 0.0392. The molecule has 2 aliphatic rings. The van der Waals surface area contributed by atoms with Crippen molar-refractivity contribution in [1.29, 1.82) is 0 Å². The lowest BCUT2D eigenvalue weighted by Gasteiger charge is -2.20. The Labute approximate surface area is 190 Å². The molecule has 1 aliphatic carbocycles. The van der Waals surface area contributed by atoms with Gasteiger partial charge in [0.05, 0.1) is 11.1 Å². The summed E-state index contributed by atoms with van der Waals surface area (Å²) in [5, 5.41) is 6.55. The highest BCUT2D eigenvalue weighted by Gasteiger charge is 2.30. The lowest BCUT2D eigenvalue weighted by atomic mass is 9.85. The summed E-state index contributed by atoms with van der Waals surface area (Å²) in [5.74, 6) is -1.16. The van der Waals surface area contributed by atoms with Crippen LogP contribution in [0.25, 0.3) is 43.4 Å². The Bertz CT molecular complexity index is 1680. The van der Waals surface area contributed by atoms with E-state index >= 15 is 0 Å². The zero-order valence-corrected chi connectivity index (χ0v) is 18.0. The van der Waals surface area contributed by atoms with Gasteiger partial charge >= 0.3 is 11.9 Å². The smallest absolute Gasteiger partial charge is 0.347 e. The van der Waals surface area contributed by atoms with Gasteiger partial charge in [-0.2, -0.15) is 0 Å². The lowest BCUT2D eigenvalue weighted by Crippen LogP contribution is -2.20. The topological polar surface area (TPSA) is 43.4 Å². The maximum Gasteiger partial charge on any atom is 0.347 e. The van der Waals surface area contributed by atoms with Gasteiger partial charge in [0.15, 0.2) is 0 Å². The van der Waals surface area contributed by atoms with Crippen LogP contribution in [0, 0.1) is 0 Å². The van der Waals surface area contributed by atoms with E-state index in [-0.39, 0.29) is 0 Å². The van der Waals surface area contributed by atoms with E-state index in [4.69, 9.17) is 4.74 Å². The second-order valence-corrected chi connectivity index (χ2v) is 9.08. The Hall–Kier alpha value is -3.98. The maximum atomic E-state index is 12.8. The number of ether oxygens (including phenoxy) is 1. The van der Waals surface area contributed by atoms with Crippen molar-refractivity contribution in [3.05, 3.63) is 95.1 Å². The highest BCUT2D eigenvalue weighted by molar-refractivity contribution is 6.23. The first-order valence-corrected chi connectivity index (χ1v) is 11.5. The van der Waals surface area contributed by atoms with Crippen LogP contribution in [0.2, 0.25) is 0 Å². The molecule has 3 nitrogen and oxygen atoms in total. The largest absolute Gasteiger partial charge is 0.386 e. The van der Waals surface area contributed by atoms with Crippen molar-refractivity contribution in [1.82, 2.24) is 0 Å². The van der Waals surface area contributed by atoms with Crippen LogP contribution in [0.5, 0.6) is 0 Å². The van der Waals surface area contributed by atoms with Crippen molar-refractivity contribution < 1.29 is 14.3 Å². The predicted molar refractivity (Wildman–Crippen MR) is 131 cm³/mol. The zero-order chi connectivity index (χ0) is 22.1. The van der Waals surface area contributed by atoms with Gasteiger partial charge in [-0.25, -0.2) is 9.59 Å². The van der Waals surface area contributed by atoms with Crippen LogP contribution in [-0.2, 0) is 17.6 Å². The van der Waals surface area contributed by atoms with Crippen molar-refractivity contribution in [3.8, 4) is 11.1 Å². The standard InChI is InChI=1S/C30H20O3/c31-29-26-7-3-5-18-9-13-23(28(27(18)26)30(32)33-29)20-10-12-22-19(16-20)11-15-24-21-6-2-1-4-17(21)8-14-25(22)24/h3,5,7-16H,1-2,4,6H2. The van der Waals surface area contributed by atoms with Crippen molar-refractivity contribution in [2.75, 3.05) is 0 Å². The number of fused-ring (bicyclic) bond motifs is 5. The van der Waals surface area contributed by atoms with Gasteiger partial charge in [-0.3, -0.25) is 0 Å². The molecule has 0 amide bonds. The summed E-state index contributed by atoms with van der Waals surface area (Å²) in [4.78, 5) is 25.1. The summed E-state index contributed by atoms with van der Waals surface area (Å²) >= 11 is 0. The monoisotopic (exact) mass is 428 g/mol. The molecule has 5 aromatic carbocycles. The number of carbonyl (C=O) groups is 2. The van der Waals surface area contributed by atoms with Gasteiger partial charge in [-0.1, -0.05) is 60.7 Å². The highest BCUT2D eigenvalue weighted by atomic mass is 16.6. The number of benzene rings is 5. The molecule has 0 saturated heterocycles. The first-order chi connectivity index (χ1) is 16.2. The van der Waals surface area contributed by atoms with E-state index in [0.717, 1.165) is 28.3 Å². The van der Waals surface area contributed by atoms with E-state index in [1.807, 2.05) is 24.3 Å². The molecule has 158 valence electrons. The molecule has 3 heteroatoms. The highest BCUT2D eigenvalue weighted by Crippen LogP contribution is 2.39. The summed E-state index contributed by atoms with van der Waals surface area (Å²) in [6.45, 7) is 0. The fourth-order valence-corrected chi connectivity index (χ4v) is 5.76. The van der Waals surface area contributed by atoms with Crippen LogP contribution in [0.1, 0.15) is 44.7 Å². The normalized spacial score (nSPS) is 15.2. The van der Waals surface area contributed by atoms with Gasteiger partial charge < -0.3 is 4.74 Å². The molecule has 0 saturated carbocycles. The van der Waals surface area contributed by atoms with Crippen molar-refractivity contribution >= 4 is 44.3 Å². The SMILES string of the molecule is O=C1OC(=O)c2c(-c3ccc4c(ccc5c6c(ccc54)CCCC6)c3)ccc3cccc1c23. The van der Waals surface area contributed by atoms with Gasteiger partial charge in [-0.15, -0.1) is 0 Å². The van der Waals surface area contributed by atoms with Crippen LogP contribution in [0.3, 0.4) is 0 Å². The molecule has 1 heterocycles. The zero-order valence-electron chi connectivity index (χ0n) is 18.0. The van der Waals surface area contributed by atoms with Gasteiger partial charge in [0, 0.05) is 5.39 Å². The average Bonchev–Trinajstić information content (AvgIpc) is 2.86. The van der Waals surface area contributed by atoms with Crippen molar-refractivity contribution in [2.24, 2.45) is 0 Å². The minimum Gasteiger partial charge on any atom is -0.386 e. The van der Waals surface area contributed by atoms with Crippen molar-refractivity contribution in [2.45, 2.75) is 25.7 Å². The third-order valence-corrected chi connectivity index (χ3v) is 7.31. The van der Waals surface area contributed by atoms with E-state index in [0.29, 0.717) is 16.5 Å². The molecule has 0 fully saturated rings. The number of rotatable bonds is 1. The summed E-state index contributed by atoms with van der Waals surface area (Å²) in [6.07, 6.45) is 4.86. The van der Waals surface area contributed by atoms with Crippen LogP contribution < -0.4 is 0 Å². The quantitative estimate of drug-likeness (QED) is 0.164. The molecule has 0 unspecified atom stereocenters. The molecule has 0 N–H and O–H groups in total. The molecule has 0 spiro atoms. The first-order valence-electron chi connectivity index (χ1n) is 11.5. The van der Waals surface area contributed by atoms with Crippen molar-refractivity contribution in [3.63, 3.8) is 0 Å². The van der Waals surface area contributed by atoms with Gasteiger partial charge in [0.25, 0.3) is 0 Å². The second-order valence-electron chi connectivity index (χ2n) is 9.08. The number of hydrogen-bond donors (Lipinski definition) is 0. The Morgan fingerprint density at radius 3 is 2.39 bits per heavy atom. The molecular weight excluding hydrogens is 408 g/mol. The maximum absolute atomic E-state index is 12.8. The Balaban J connectivity index is 1.47. The van der Waals surface area contributed by atoms with Gasteiger partial charge in [0.2, 0.25) is 0 Å². The van der Waals surface area contributed by atoms with E-state index in [1.165, 1.54) is 46.5 Å². The van der Waals surface area contributed by atoms with Crippen LogP contribution in [-0.4, -0.2) is 11.9 Å². The fourth-order valence-electron chi connectivity index (χ4n) is 5.76. The van der Waals surface area contributed by atoms with E-state index in [2.05, 4.69) is 42.5 Å². The van der Waals surface area contributed by atoms with Crippen LogP contribution in [0.4, 0.5) is 0 Å². The van der Waals surface area contributed by atoms with Gasteiger partial charge in [0.1, 0.15) is 0 Å². The molecule has 0 radical (unpaired) electrons. The minimum atomic E-state index is -0.580.